The Kier molecular flexibility index (Phi) is 5.89. The van der Waals surface area contributed by atoms with Gasteiger partial charge in [0.1, 0.15) is 6.04 Å². The number of urea groups is 1. The summed E-state index contributed by atoms with van der Waals surface area (Å²) in [6, 6.07) is -0.747. The van der Waals surface area contributed by atoms with Gasteiger partial charge < -0.3 is 10.0 Å². The summed E-state index contributed by atoms with van der Waals surface area (Å²) in [5, 5.41) is 9.36. The number of hydrogen-bond acceptors (Lipinski definition) is 4. The largest absolute Gasteiger partial charge is 0.480 e. The average molecular weight is 318 g/mol. The normalized spacial score (nSPS) is 27.4. The number of nitrogens with zero attached hydrogens (tertiary/aromatic N) is 2. The summed E-state index contributed by atoms with van der Waals surface area (Å²) in [4.78, 5) is 27.6. The Hall–Kier alpha value is -0.560. The van der Waals surface area contributed by atoms with E-state index in [2.05, 4.69) is 6.92 Å². The van der Waals surface area contributed by atoms with Gasteiger partial charge in [-0.1, -0.05) is 13.3 Å². The molecule has 20 heavy (non-hydrogen) atoms. The molecule has 0 aromatic carbocycles. The van der Waals surface area contributed by atoms with E-state index in [1.54, 1.807) is 16.7 Å². The summed E-state index contributed by atoms with van der Waals surface area (Å²) >= 11 is 3.47. The SMILES string of the molecule is CCCC1SCC(C(=O)O)N1C(=O)N1CCCSCC1. The van der Waals surface area contributed by atoms with Gasteiger partial charge in [-0.05, 0) is 18.6 Å². The highest BCUT2D eigenvalue weighted by atomic mass is 32.2. The second kappa shape index (κ2) is 7.45. The summed E-state index contributed by atoms with van der Waals surface area (Å²) < 4.78 is 0. The number of thioether (sulfide) groups is 2. The third-order valence-corrected chi connectivity index (χ3v) is 6.03. The Morgan fingerprint density at radius 2 is 2.10 bits per heavy atom. The maximum atomic E-state index is 12.7. The Balaban J connectivity index is 2.10. The van der Waals surface area contributed by atoms with Crippen molar-refractivity contribution in [2.75, 3.05) is 30.3 Å². The highest BCUT2D eigenvalue weighted by Crippen LogP contribution is 2.33. The van der Waals surface area contributed by atoms with E-state index in [1.165, 1.54) is 0 Å². The average Bonchev–Trinajstić information content (AvgIpc) is 2.66. The molecule has 0 radical (unpaired) electrons. The van der Waals surface area contributed by atoms with Crippen molar-refractivity contribution in [3.8, 4) is 0 Å². The van der Waals surface area contributed by atoms with Crippen molar-refractivity contribution in [3.63, 3.8) is 0 Å². The van der Waals surface area contributed by atoms with Crippen LogP contribution in [-0.4, -0.2) is 68.7 Å². The molecule has 7 heteroatoms. The molecule has 0 aromatic heterocycles. The van der Waals surface area contributed by atoms with Gasteiger partial charge in [0, 0.05) is 24.6 Å². The van der Waals surface area contributed by atoms with Crippen molar-refractivity contribution in [1.82, 2.24) is 9.80 Å². The monoisotopic (exact) mass is 318 g/mol. The molecule has 2 unspecified atom stereocenters. The fourth-order valence-electron chi connectivity index (χ4n) is 2.58. The first-order valence-electron chi connectivity index (χ1n) is 7.14. The number of carboxylic acids is 1. The molecule has 0 aromatic rings. The van der Waals surface area contributed by atoms with Gasteiger partial charge >= 0.3 is 12.0 Å². The van der Waals surface area contributed by atoms with Crippen LogP contribution in [0.4, 0.5) is 4.79 Å². The zero-order chi connectivity index (χ0) is 14.5. The Labute approximate surface area is 128 Å². The number of rotatable bonds is 3. The second-order valence-electron chi connectivity index (χ2n) is 5.07. The first kappa shape index (κ1) is 15.8. The first-order valence-corrected chi connectivity index (χ1v) is 9.35. The molecule has 0 bridgehead atoms. The highest BCUT2D eigenvalue weighted by molar-refractivity contribution is 8.00. The summed E-state index contributed by atoms with van der Waals surface area (Å²) in [5.41, 5.74) is 0. The van der Waals surface area contributed by atoms with Gasteiger partial charge in [0.25, 0.3) is 0 Å². The molecule has 114 valence electrons. The maximum absolute atomic E-state index is 12.7. The maximum Gasteiger partial charge on any atom is 0.327 e. The van der Waals surface area contributed by atoms with Gasteiger partial charge in [0.15, 0.2) is 0 Å². The fourth-order valence-corrected chi connectivity index (χ4v) is 4.97. The van der Waals surface area contributed by atoms with Crippen LogP contribution in [0.5, 0.6) is 0 Å². The Bertz CT molecular complexity index is 360. The molecule has 2 amide bonds. The molecule has 1 N–H and O–H groups in total. The van der Waals surface area contributed by atoms with Crippen LogP contribution >= 0.6 is 23.5 Å². The van der Waals surface area contributed by atoms with Crippen LogP contribution in [0.1, 0.15) is 26.2 Å². The van der Waals surface area contributed by atoms with E-state index in [4.69, 9.17) is 0 Å². The van der Waals surface area contributed by atoms with Crippen molar-refractivity contribution >= 4 is 35.5 Å². The first-order chi connectivity index (χ1) is 9.65. The van der Waals surface area contributed by atoms with Gasteiger partial charge in [0.2, 0.25) is 0 Å². The Morgan fingerprint density at radius 1 is 1.30 bits per heavy atom. The van der Waals surface area contributed by atoms with Gasteiger partial charge in [-0.2, -0.15) is 11.8 Å². The molecular weight excluding hydrogens is 296 g/mol. The zero-order valence-electron chi connectivity index (χ0n) is 11.8. The molecule has 0 aliphatic carbocycles. The van der Waals surface area contributed by atoms with E-state index >= 15 is 0 Å². The van der Waals surface area contributed by atoms with Gasteiger partial charge in [-0.3, -0.25) is 4.90 Å². The number of hydrogen-bond donors (Lipinski definition) is 1. The molecular formula is C13H22N2O3S2. The van der Waals surface area contributed by atoms with Crippen molar-refractivity contribution in [2.24, 2.45) is 0 Å². The molecule has 2 aliphatic heterocycles. The van der Waals surface area contributed by atoms with Crippen LogP contribution in [0.3, 0.4) is 0 Å². The quantitative estimate of drug-likeness (QED) is 0.864. The number of carbonyl (C=O) groups is 2. The van der Waals surface area contributed by atoms with Crippen LogP contribution in [0, 0.1) is 0 Å². The van der Waals surface area contributed by atoms with Crippen LogP contribution in [-0.2, 0) is 4.79 Å². The zero-order valence-corrected chi connectivity index (χ0v) is 13.4. The third kappa shape index (κ3) is 3.55. The van der Waals surface area contributed by atoms with E-state index < -0.39 is 12.0 Å². The van der Waals surface area contributed by atoms with Crippen LogP contribution in [0.15, 0.2) is 0 Å². The van der Waals surface area contributed by atoms with Crippen molar-refractivity contribution in [2.45, 2.75) is 37.6 Å². The van der Waals surface area contributed by atoms with Gasteiger partial charge in [0.05, 0.1) is 5.37 Å². The molecule has 5 nitrogen and oxygen atoms in total. The number of aliphatic carboxylic acids is 1. The predicted molar refractivity (Wildman–Crippen MR) is 83.3 cm³/mol. The molecule has 2 saturated heterocycles. The van der Waals surface area contributed by atoms with E-state index in [0.29, 0.717) is 5.75 Å². The van der Waals surface area contributed by atoms with E-state index in [9.17, 15) is 14.7 Å². The molecule has 2 fully saturated rings. The minimum absolute atomic E-state index is 0.0181. The number of carboxylic acid groups (broad SMARTS) is 1. The van der Waals surface area contributed by atoms with Crippen molar-refractivity contribution in [1.29, 1.82) is 0 Å². The van der Waals surface area contributed by atoms with Crippen molar-refractivity contribution in [3.05, 3.63) is 0 Å². The van der Waals surface area contributed by atoms with E-state index in [0.717, 1.165) is 43.9 Å². The number of amides is 2. The molecule has 2 heterocycles. The lowest BCUT2D eigenvalue weighted by Crippen LogP contribution is -2.52. The minimum atomic E-state index is -0.881. The summed E-state index contributed by atoms with van der Waals surface area (Å²) in [7, 11) is 0. The second-order valence-corrected chi connectivity index (χ2v) is 7.51. The highest BCUT2D eigenvalue weighted by Gasteiger charge is 2.42. The number of carbonyl (C=O) groups excluding carboxylic acids is 1. The molecule has 0 spiro atoms. The lowest BCUT2D eigenvalue weighted by atomic mass is 10.2. The van der Waals surface area contributed by atoms with E-state index in [1.807, 2.05) is 16.7 Å². The van der Waals surface area contributed by atoms with Gasteiger partial charge in [-0.15, -0.1) is 11.8 Å². The smallest absolute Gasteiger partial charge is 0.327 e. The molecule has 2 atom stereocenters. The molecule has 2 rings (SSSR count). The minimum Gasteiger partial charge on any atom is -0.480 e. The van der Waals surface area contributed by atoms with Crippen LogP contribution in [0.25, 0.3) is 0 Å². The third-order valence-electron chi connectivity index (χ3n) is 3.63. The van der Waals surface area contributed by atoms with Gasteiger partial charge in [-0.25, -0.2) is 9.59 Å². The Morgan fingerprint density at radius 3 is 2.80 bits per heavy atom. The summed E-state index contributed by atoms with van der Waals surface area (Å²) in [5.74, 6) is 1.66. The summed E-state index contributed by atoms with van der Waals surface area (Å²) in [6.45, 7) is 3.55. The lowest BCUT2D eigenvalue weighted by molar-refractivity contribution is -0.141. The predicted octanol–water partition coefficient (Wildman–Crippen LogP) is 2.17. The fraction of sp³-hybridized carbons (Fsp3) is 0.846. The van der Waals surface area contributed by atoms with E-state index in [-0.39, 0.29) is 11.4 Å². The van der Waals surface area contributed by atoms with Crippen LogP contribution in [0.2, 0.25) is 0 Å². The van der Waals surface area contributed by atoms with Crippen LogP contribution < -0.4 is 0 Å². The molecule has 0 saturated carbocycles. The van der Waals surface area contributed by atoms with Crippen molar-refractivity contribution < 1.29 is 14.7 Å². The standard InChI is InChI=1S/C13H22N2O3S2/c1-2-4-11-15(10(9-20-11)12(16)17)13(18)14-5-3-7-19-8-6-14/h10-11H,2-9H2,1H3,(H,16,17). The summed E-state index contributed by atoms with van der Waals surface area (Å²) in [6.07, 6.45) is 2.82. The topological polar surface area (TPSA) is 60.9 Å². The molecule has 2 aliphatic rings. The lowest BCUT2D eigenvalue weighted by Gasteiger charge is -2.32.